The van der Waals surface area contributed by atoms with Gasteiger partial charge in [-0.25, -0.2) is 9.37 Å². The Morgan fingerprint density at radius 2 is 1.94 bits per heavy atom. The molecular weight excluding hydrogens is 417 g/mol. The van der Waals surface area contributed by atoms with E-state index in [1.54, 1.807) is 4.90 Å². The highest BCUT2D eigenvalue weighted by Gasteiger charge is 2.49. The number of rotatable bonds is 3. The van der Waals surface area contributed by atoms with E-state index in [2.05, 4.69) is 17.5 Å². The van der Waals surface area contributed by atoms with E-state index in [-0.39, 0.29) is 22.4 Å². The monoisotopic (exact) mass is 437 g/mol. The molecule has 7 heteroatoms. The lowest BCUT2D eigenvalue weighted by Gasteiger charge is -2.47. The third kappa shape index (κ3) is 3.30. The second-order valence-corrected chi connectivity index (χ2v) is 8.69. The summed E-state index contributed by atoms with van der Waals surface area (Å²) in [7, 11) is 0. The quantitative estimate of drug-likeness (QED) is 0.578. The molecule has 3 heterocycles. The van der Waals surface area contributed by atoms with Gasteiger partial charge in [-0.1, -0.05) is 24.8 Å². The van der Waals surface area contributed by atoms with Gasteiger partial charge < -0.3 is 9.80 Å². The van der Waals surface area contributed by atoms with Gasteiger partial charge in [0, 0.05) is 48.1 Å². The van der Waals surface area contributed by atoms with Crippen molar-refractivity contribution in [1.29, 1.82) is 10.5 Å². The highest BCUT2D eigenvalue weighted by atomic mass is 19.1. The third-order valence-corrected chi connectivity index (χ3v) is 6.63. The molecule has 2 fully saturated rings. The van der Waals surface area contributed by atoms with E-state index in [1.807, 2.05) is 30.3 Å². The zero-order valence-electron chi connectivity index (χ0n) is 17.9. The minimum absolute atomic E-state index is 0.0368. The number of likely N-dealkylation sites (tertiary alicyclic amines) is 1. The second kappa shape index (κ2) is 7.72. The summed E-state index contributed by atoms with van der Waals surface area (Å²) >= 11 is 0. The Bertz CT molecular complexity index is 1390. The van der Waals surface area contributed by atoms with E-state index in [0.717, 1.165) is 6.42 Å². The van der Waals surface area contributed by atoms with Crippen molar-refractivity contribution in [1.82, 2.24) is 9.88 Å². The SMILES string of the molecule is C=CC(=O)N1CC2(CCN(c3nc4ccccc4c(-c4cc(C#N)ccc4F)c3C#N)C2)C1. The molecule has 0 N–H and O–H groups in total. The van der Waals surface area contributed by atoms with Crippen LogP contribution in [0.5, 0.6) is 0 Å². The zero-order valence-corrected chi connectivity index (χ0v) is 17.9. The number of carbonyl (C=O) groups excluding carboxylic acids is 1. The molecular formula is C26H20FN5O. The molecule has 1 aromatic heterocycles. The molecule has 1 amide bonds. The maximum atomic E-state index is 15.0. The average molecular weight is 437 g/mol. The van der Waals surface area contributed by atoms with Gasteiger partial charge in [-0.3, -0.25) is 4.79 Å². The van der Waals surface area contributed by atoms with Crippen LogP contribution in [0.4, 0.5) is 10.2 Å². The Balaban J connectivity index is 1.62. The van der Waals surface area contributed by atoms with Crippen molar-refractivity contribution in [2.75, 3.05) is 31.1 Å². The summed E-state index contributed by atoms with van der Waals surface area (Å²) in [4.78, 5) is 20.5. The average Bonchev–Trinajstić information content (AvgIpc) is 3.27. The van der Waals surface area contributed by atoms with Crippen LogP contribution >= 0.6 is 0 Å². The molecule has 162 valence electrons. The largest absolute Gasteiger partial charge is 0.355 e. The first-order chi connectivity index (χ1) is 16.0. The predicted molar refractivity (Wildman–Crippen MR) is 123 cm³/mol. The number of nitrogens with zero attached hydrogens (tertiary/aromatic N) is 5. The number of hydrogen-bond acceptors (Lipinski definition) is 5. The van der Waals surface area contributed by atoms with Crippen LogP contribution in [-0.2, 0) is 4.79 Å². The van der Waals surface area contributed by atoms with E-state index in [9.17, 15) is 19.7 Å². The summed E-state index contributed by atoms with van der Waals surface area (Å²) in [6.07, 6.45) is 2.20. The van der Waals surface area contributed by atoms with Gasteiger partial charge in [0.2, 0.25) is 5.91 Å². The number of benzene rings is 2. The van der Waals surface area contributed by atoms with Gasteiger partial charge in [-0.2, -0.15) is 10.5 Å². The van der Waals surface area contributed by atoms with Gasteiger partial charge in [0.1, 0.15) is 23.3 Å². The summed E-state index contributed by atoms with van der Waals surface area (Å²) in [5, 5.41) is 20.2. The van der Waals surface area contributed by atoms with Crippen LogP contribution in [0.15, 0.2) is 55.1 Å². The van der Waals surface area contributed by atoms with Crippen molar-refractivity contribution in [3.63, 3.8) is 0 Å². The molecule has 5 rings (SSSR count). The Morgan fingerprint density at radius 1 is 1.15 bits per heavy atom. The van der Waals surface area contributed by atoms with Crippen molar-refractivity contribution < 1.29 is 9.18 Å². The normalized spacial score (nSPS) is 16.3. The van der Waals surface area contributed by atoms with Crippen LogP contribution in [0.1, 0.15) is 17.5 Å². The van der Waals surface area contributed by atoms with Gasteiger partial charge in [0.25, 0.3) is 0 Å². The molecule has 2 aromatic carbocycles. The van der Waals surface area contributed by atoms with Gasteiger partial charge >= 0.3 is 0 Å². The molecule has 0 unspecified atom stereocenters. The zero-order chi connectivity index (χ0) is 23.2. The van der Waals surface area contributed by atoms with Crippen molar-refractivity contribution in [2.24, 2.45) is 5.41 Å². The number of pyridine rings is 1. The van der Waals surface area contributed by atoms with Crippen molar-refractivity contribution in [2.45, 2.75) is 6.42 Å². The molecule has 2 aliphatic rings. The van der Waals surface area contributed by atoms with Crippen LogP contribution < -0.4 is 4.90 Å². The smallest absolute Gasteiger partial charge is 0.245 e. The predicted octanol–water partition coefficient (Wildman–Crippen LogP) is 4.01. The first-order valence-electron chi connectivity index (χ1n) is 10.7. The molecule has 0 radical (unpaired) electrons. The molecule has 0 atom stereocenters. The molecule has 2 aliphatic heterocycles. The van der Waals surface area contributed by atoms with Crippen LogP contribution in [0.3, 0.4) is 0 Å². The lowest BCUT2D eigenvalue weighted by molar-refractivity contribution is -0.136. The Kier molecular flexibility index (Phi) is 4.83. The Labute approximate surface area is 190 Å². The van der Waals surface area contributed by atoms with Crippen molar-refractivity contribution in [3.8, 4) is 23.3 Å². The summed E-state index contributed by atoms with van der Waals surface area (Å²) in [5.41, 5.74) is 1.89. The molecule has 2 saturated heterocycles. The molecule has 0 bridgehead atoms. The van der Waals surface area contributed by atoms with E-state index < -0.39 is 5.82 Å². The van der Waals surface area contributed by atoms with Crippen LogP contribution in [0.25, 0.3) is 22.0 Å². The van der Waals surface area contributed by atoms with Crippen molar-refractivity contribution in [3.05, 3.63) is 72.1 Å². The third-order valence-electron chi connectivity index (χ3n) is 6.63. The summed E-state index contributed by atoms with van der Waals surface area (Å²) in [6.45, 7) is 6.20. The van der Waals surface area contributed by atoms with E-state index >= 15 is 0 Å². The molecule has 1 spiro atoms. The molecule has 3 aromatic rings. The van der Waals surface area contributed by atoms with E-state index in [4.69, 9.17) is 4.98 Å². The number of anilines is 1. The fraction of sp³-hybridized carbons (Fsp3) is 0.231. The molecule has 33 heavy (non-hydrogen) atoms. The second-order valence-electron chi connectivity index (χ2n) is 8.69. The number of aromatic nitrogens is 1. The first-order valence-corrected chi connectivity index (χ1v) is 10.7. The van der Waals surface area contributed by atoms with Gasteiger partial charge in [-0.15, -0.1) is 0 Å². The Morgan fingerprint density at radius 3 is 2.67 bits per heavy atom. The number of amides is 1. The summed E-state index contributed by atoms with van der Waals surface area (Å²) in [5.74, 6) is -0.0580. The van der Waals surface area contributed by atoms with E-state index in [1.165, 1.54) is 24.3 Å². The van der Waals surface area contributed by atoms with Crippen LogP contribution in [0, 0.1) is 33.9 Å². The maximum absolute atomic E-state index is 15.0. The first kappa shape index (κ1) is 20.7. The number of para-hydroxylation sites is 1. The minimum atomic E-state index is -0.497. The fourth-order valence-electron chi connectivity index (χ4n) is 5.02. The number of hydrogen-bond donors (Lipinski definition) is 0. The molecule has 0 saturated carbocycles. The number of nitriles is 2. The number of fused-ring (bicyclic) bond motifs is 1. The van der Waals surface area contributed by atoms with Gasteiger partial charge in [0.15, 0.2) is 0 Å². The lowest BCUT2D eigenvalue weighted by atomic mass is 9.79. The van der Waals surface area contributed by atoms with E-state index in [0.29, 0.717) is 54.0 Å². The summed E-state index contributed by atoms with van der Waals surface area (Å²) < 4.78 is 15.0. The fourth-order valence-corrected chi connectivity index (χ4v) is 5.02. The van der Waals surface area contributed by atoms with Gasteiger partial charge in [0.05, 0.1) is 17.1 Å². The maximum Gasteiger partial charge on any atom is 0.245 e. The molecule has 0 aliphatic carbocycles. The van der Waals surface area contributed by atoms with Crippen LogP contribution in [-0.4, -0.2) is 42.0 Å². The molecule has 6 nitrogen and oxygen atoms in total. The summed E-state index contributed by atoms with van der Waals surface area (Å²) in [6, 6.07) is 15.8. The van der Waals surface area contributed by atoms with Crippen LogP contribution in [0.2, 0.25) is 0 Å². The lowest BCUT2D eigenvalue weighted by Crippen LogP contribution is -2.59. The topological polar surface area (TPSA) is 84.0 Å². The number of halogens is 1. The minimum Gasteiger partial charge on any atom is -0.355 e. The Hall–Kier alpha value is -4.23. The standard InChI is InChI=1S/C26H20FN5O/c1-2-23(33)32-15-26(16-32)9-10-31(14-26)25-20(13-29)24(18-5-3-4-6-22(18)30-25)19-11-17(12-28)7-8-21(19)27/h2-8,11H,1,9-10,14-16H2. The highest BCUT2D eigenvalue weighted by molar-refractivity contribution is 6.00. The van der Waals surface area contributed by atoms with Crippen molar-refractivity contribution >= 4 is 22.6 Å². The number of carbonyl (C=O) groups is 1. The highest BCUT2D eigenvalue weighted by Crippen LogP contribution is 2.44. The van der Waals surface area contributed by atoms with Gasteiger partial charge in [-0.05, 0) is 36.8 Å².